The Morgan fingerprint density at radius 2 is 2.22 bits per heavy atom. The average Bonchev–Trinajstić information content (AvgIpc) is 2.28. The van der Waals surface area contributed by atoms with E-state index in [0.29, 0.717) is 23.5 Å². The molecule has 0 spiro atoms. The summed E-state index contributed by atoms with van der Waals surface area (Å²) in [7, 11) is 0. The molecule has 0 radical (unpaired) electrons. The molecule has 1 aromatic heterocycles. The Labute approximate surface area is 113 Å². The molecule has 18 heavy (non-hydrogen) atoms. The number of carbonyl (C=O) groups is 1. The quantitative estimate of drug-likeness (QED) is 0.826. The van der Waals surface area contributed by atoms with Gasteiger partial charge in [-0.15, -0.1) is 0 Å². The van der Waals surface area contributed by atoms with Gasteiger partial charge in [-0.3, -0.25) is 9.78 Å². The Morgan fingerprint density at radius 3 is 2.72 bits per heavy atom. The summed E-state index contributed by atoms with van der Waals surface area (Å²) < 4.78 is 0. The van der Waals surface area contributed by atoms with Crippen LogP contribution in [0.1, 0.15) is 36.3 Å². The lowest BCUT2D eigenvalue weighted by molar-refractivity contribution is 0.0711. The average molecular weight is 265 g/mol. The van der Waals surface area contributed by atoms with Gasteiger partial charge in [-0.2, -0.15) is 0 Å². The molecule has 0 fully saturated rings. The highest BCUT2D eigenvalue weighted by molar-refractivity contribution is 7.80. The molecule has 0 unspecified atom stereocenters. The number of hydrogen-bond acceptors (Lipinski definition) is 3. The van der Waals surface area contributed by atoms with Gasteiger partial charge in [0.1, 0.15) is 0 Å². The molecule has 2 N–H and O–H groups in total. The predicted octanol–water partition coefficient (Wildman–Crippen LogP) is 1.92. The maximum atomic E-state index is 12.4. The molecule has 4 nitrogen and oxygen atoms in total. The monoisotopic (exact) mass is 265 g/mol. The van der Waals surface area contributed by atoms with Crippen molar-refractivity contribution >= 4 is 23.1 Å². The zero-order valence-corrected chi connectivity index (χ0v) is 11.8. The first-order chi connectivity index (χ1) is 8.41. The molecule has 0 aromatic carbocycles. The van der Waals surface area contributed by atoms with E-state index in [-0.39, 0.29) is 11.9 Å². The van der Waals surface area contributed by atoms with Gasteiger partial charge in [0.25, 0.3) is 5.91 Å². The Hall–Kier alpha value is -1.49. The van der Waals surface area contributed by atoms with Crippen LogP contribution in [-0.2, 0) is 0 Å². The van der Waals surface area contributed by atoms with Crippen LogP contribution in [0.4, 0.5) is 0 Å². The topological polar surface area (TPSA) is 59.2 Å². The first-order valence-corrected chi connectivity index (χ1v) is 6.34. The zero-order chi connectivity index (χ0) is 13.7. The number of aromatic nitrogens is 1. The fourth-order valence-corrected chi connectivity index (χ4v) is 1.76. The van der Waals surface area contributed by atoms with Gasteiger partial charge in [0, 0.05) is 36.5 Å². The van der Waals surface area contributed by atoms with Crippen molar-refractivity contribution in [2.24, 2.45) is 5.73 Å². The first-order valence-electron chi connectivity index (χ1n) is 5.93. The molecule has 1 aromatic rings. The van der Waals surface area contributed by atoms with Gasteiger partial charge in [-0.05, 0) is 32.9 Å². The van der Waals surface area contributed by atoms with Gasteiger partial charge >= 0.3 is 0 Å². The van der Waals surface area contributed by atoms with Crippen molar-refractivity contribution in [2.75, 3.05) is 6.54 Å². The van der Waals surface area contributed by atoms with Crippen molar-refractivity contribution in [1.82, 2.24) is 9.88 Å². The fourth-order valence-electron chi connectivity index (χ4n) is 1.67. The zero-order valence-electron chi connectivity index (χ0n) is 11.0. The summed E-state index contributed by atoms with van der Waals surface area (Å²) in [5, 5.41) is 0. The SMILES string of the molecule is Cc1cc(C(=O)N(CCC(N)=S)C(C)C)ccn1. The Balaban J connectivity index is 2.85. The lowest BCUT2D eigenvalue weighted by Crippen LogP contribution is -2.39. The largest absolute Gasteiger partial charge is 0.393 e. The second-order valence-electron chi connectivity index (χ2n) is 4.49. The third kappa shape index (κ3) is 4.07. The molecule has 0 saturated heterocycles. The van der Waals surface area contributed by atoms with Gasteiger partial charge in [0.05, 0.1) is 4.99 Å². The summed E-state index contributed by atoms with van der Waals surface area (Å²) in [5.74, 6) is -0.00764. The molecule has 0 atom stereocenters. The number of hydrogen-bond donors (Lipinski definition) is 1. The Kier molecular flexibility index (Phi) is 5.22. The summed E-state index contributed by atoms with van der Waals surface area (Å²) in [6, 6.07) is 3.63. The van der Waals surface area contributed by atoms with Crippen molar-refractivity contribution in [1.29, 1.82) is 0 Å². The van der Waals surface area contributed by atoms with E-state index in [1.165, 1.54) is 0 Å². The van der Waals surface area contributed by atoms with Crippen LogP contribution >= 0.6 is 12.2 Å². The third-order valence-electron chi connectivity index (χ3n) is 2.63. The molecule has 0 aliphatic carbocycles. The standard InChI is InChI=1S/C13H19N3OS/c1-9(2)16(7-5-12(14)18)13(17)11-4-6-15-10(3)8-11/h4,6,8-9H,5,7H2,1-3H3,(H2,14,18). The number of carbonyl (C=O) groups excluding carboxylic acids is 1. The Morgan fingerprint density at radius 1 is 1.56 bits per heavy atom. The minimum atomic E-state index is -0.00764. The van der Waals surface area contributed by atoms with E-state index in [1.807, 2.05) is 20.8 Å². The van der Waals surface area contributed by atoms with E-state index in [4.69, 9.17) is 18.0 Å². The predicted molar refractivity (Wildman–Crippen MR) is 76.5 cm³/mol. The van der Waals surface area contributed by atoms with Crippen LogP contribution in [0.15, 0.2) is 18.3 Å². The second kappa shape index (κ2) is 6.44. The molecule has 1 heterocycles. The number of thiocarbonyl (C=S) groups is 1. The summed E-state index contributed by atoms with van der Waals surface area (Å²) in [6.45, 7) is 6.37. The molecular weight excluding hydrogens is 246 g/mol. The van der Waals surface area contributed by atoms with Crippen LogP contribution in [0.5, 0.6) is 0 Å². The van der Waals surface area contributed by atoms with Gasteiger partial charge in [-0.1, -0.05) is 12.2 Å². The molecule has 0 aliphatic rings. The highest BCUT2D eigenvalue weighted by Gasteiger charge is 2.18. The number of nitrogens with zero attached hydrogens (tertiary/aromatic N) is 2. The molecule has 0 bridgehead atoms. The molecule has 1 amide bonds. The fraction of sp³-hybridized carbons (Fsp3) is 0.462. The van der Waals surface area contributed by atoms with Crippen LogP contribution in [0.2, 0.25) is 0 Å². The van der Waals surface area contributed by atoms with E-state index in [9.17, 15) is 4.79 Å². The summed E-state index contributed by atoms with van der Waals surface area (Å²) in [4.78, 5) is 18.7. The van der Waals surface area contributed by atoms with Gasteiger partial charge in [0.15, 0.2) is 0 Å². The number of aryl methyl sites for hydroxylation is 1. The third-order valence-corrected chi connectivity index (χ3v) is 2.83. The number of amides is 1. The lowest BCUT2D eigenvalue weighted by atomic mass is 10.1. The summed E-state index contributed by atoms with van der Waals surface area (Å²) in [5.41, 5.74) is 6.97. The van der Waals surface area contributed by atoms with Crippen molar-refractivity contribution in [3.63, 3.8) is 0 Å². The smallest absolute Gasteiger partial charge is 0.254 e. The number of rotatable bonds is 5. The van der Waals surface area contributed by atoms with Crippen molar-refractivity contribution in [3.8, 4) is 0 Å². The summed E-state index contributed by atoms with van der Waals surface area (Å²) in [6.07, 6.45) is 2.19. The molecule has 98 valence electrons. The van der Waals surface area contributed by atoms with Gasteiger partial charge < -0.3 is 10.6 Å². The van der Waals surface area contributed by atoms with Gasteiger partial charge in [0.2, 0.25) is 0 Å². The van der Waals surface area contributed by atoms with Gasteiger partial charge in [-0.25, -0.2) is 0 Å². The highest BCUT2D eigenvalue weighted by Crippen LogP contribution is 2.10. The molecule has 1 rings (SSSR count). The second-order valence-corrected chi connectivity index (χ2v) is 5.02. The van der Waals surface area contributed by atoms with Crippen LogP contribution in [0.3, 0.4) is 0 Å². The Bertz CT molecular complexity index is 446. The van der Waals surface area contributed by atoms with E-state index in [0.717, 1.165) is 5.69 Å². The van der Waals surface area contributed by atoms with Crippen LogP contribution in [0.25, 0.3) is 0 Å². The minimum Gasteiger partial charge on any atom is -0.393 e. The van der Waals surface area contributed by atoms with Crippen LogP contribution < -0.4 is 5.73 Å². The highest BCUT2D eigenvalue weighted by atomic mass is 32.1. The maximum absolute atomic E-state index is 12.4. The lowest BCUT2D eigenvalue weighted by Gasteiger charge is -2.26. The van der Waals surface area contributed by atoms with Crippen molar-refractivity contribution in [2.45, 2.75) is 33.2 Å². The number of pyridine rings is 1. The van der Waals surface area contributed by atoms with Crippen LogP contribution in [0, 0.1) is 6.92 Å². The minimum absolute atomic E-state index is 0.00764. The summed E-state index contributed by atoms with van der Waals surface area (Å²) >= 11 is 4.85. The first kappa shape index (κ1) is 14.6. The molecular formula is C13H19N3OS. The van der Waals surface area contributed by atoms with Crippen LogP contribution in [-0.4, -0.2) is 33.4 Å². The van der Waals surface area contributed by atoms with Crippen molar-refractivity contribution in [3.05, 3.63) is 29.6 Å². The van der Waals surface area contributed by atoms with E-state index < -0.39 is 0 Å². The maximum Gasteiger partial charge on any atom is 0.254 e. The molecule has 0 saturated carbocycles. The normalized spacial score (nSPS) is 10.4. The van der Waals surface area contributed by atoms with E-state index >= 15 is 0 Å². The van der Waals surface area contributed by atoms with Crippen molar-refractivity contribution < 1.29 is 4.79 Å². The number of nitrogens with two attached hydrogens (primary N) is 1. The van der Waals surface area contributed by atoms with E-state index in [1.54, 1.807) is 23.2 Å². The molecule has 0 aliphatic heterocycles. The van der Waals surface area contributed by atoms with E-state index in [2.05, 4.69) is 4.98 Å². The molecule has 5 heteroatoms.